The van der Waals surface area contributed by atoms with Crippen LogP contribution in [0.1, 0.15) is 33.1 Å². The van der Waals surface area contributed by atoms with Crippen LogP contribution >= 0.6 is 23.1 Å². The lowest BCUT2D eigenvalue weighted by molar-refractivity contribution is -0.115. The molecule has 0 unspecified atom stereocenters. The highest BCUT2D eigenvalue weighted by atomic mass is 32.2. The molecule has 2 aromatic carbocycles. The van der Waals surface area contributed by atoms with Crippen LogP contribution in [0, 0.1) is 0 Å². The molecule has 142 valence electrons. The van der Waals surface area contributed by atoms with E-state index in [1.165, 1.54) is 16.9 Å². The van der Waals surface area contributed by atoms with Crippen LogP contribution in [0.15, 0.2) is 66.0 Å². The molecule has 2 amide bonds. The van der Waals surface area contributed by atoms with Gasteiger partial charge in [-0.1, -0.05) is 43.3 Å². The fraction of sp³-hybridized carbons (Fsp3) is 0.182. The summed E-state index contributed by atoms with van der Waals surface area (Å²) in [6.45, 7) is 2.10. The molecule has 0 aliphatic carbocycles. The third-order valence-electron chi connectivity index (χ3n) is 4.70. The summed E-state index contributed by atoms with van der Waals surface area (Å²) in [4.78, 5) is 27.4. The van der Waals surface area contributed by atoms with Gasteiger partial charge in [-0.05, 0) is 47.2 Å². The number of hydrogen-bond donors (Lipinski definition) is 1. The van der Waals surface area contributed by atoms with Crippen molar-refractivity contribution in [3.63, 3.8) is 0 Å². The number of carbonyl (C=O) groups excluding carboxylic acids is 2. The van der Waals surface area contributed by atoms with Crippen LogP contribution in [-0.4, -0.2) is 17.6 Å². The number of nitrogens with zero attached hydrogens (tertiary/aromatic N) is 1. The van der Waals surface area contributed by atoms with Crippen molar-refractivity contribution in [3.05, 3.63) is 82.0 Å². The maximum Gasteiger partial charge on any atom is 0.265 e. The molecular formula is C22H20N2O2S2. The number of thiophene rings is 1. The minimum absolute atomic E-state index is 0.0535. The molecule has 28 heavy (non-hydrogen) atoms. The van der Waals surface area contributed by atoms with Gasteiger partial charge in [-0.3, -0.25) is 14.5 Å². The maximum absolute atomic E-state index is 12.6. The summed E-state index contributed by atoms with van der Waals surface area (Å²) in [5, 5.41) is 4.75. The summed E-state index contributed by atoms with van der Waals surface area (Å²) in [7, 11) is 0. The largest absolute Gasteiger partial charge is 0.321 e. The molecule has 1 aromatic heterocycles. The number of thioether (sulfide) groups is 1. The normalized spacial score (nSPS) is 16.4. The van der Waals surface area contributed by atoms with Gasteiger partial charge >= 0.3 is 0 Å². The molecule has 2 heterocycles. The smallest absolute Gasteiger partial charge is 0.265 e. The third-order valence-corrected chi connectivity index (χ3v) is 6.78. The first kappa shape index (κ1) is 18.8. The number of amides is 2. The second-order valence-corrected chi connectivity index (χ2v) is 8.48. The van der Waals surface area contributed by atoms with E-state index in [0.717, 1.165) is 23.4 Å². The van der Waals surface area contributed by atoms with Crippen molar-refractivity contribution < 1.29 is 9.59 Å². The van der Waals surface area contributed by atoms with Crippen LogP contribution in [-0.2, 0) is 11.2 Å². The Balaban J connectivity index is 1.56. The predicted molar refractivity (Wildman–Crippen MR) is 117 cm³/mol. The van der Waals surface area contributed by atoms with Gasteiger partial charge in [0.2, 0.25) is 5.91 Å². The molecule has 0 spiro atoms. The van der Waals surface area contributed by atoms with E-state index >= 15 is 0 Å². The van der Waals surface area contributed by atoms with Gasteiger partial charge < -0.3 is 5.32 Å². The van der Waals surface area contributed by atoms with E-state index < -0.39 is 0 Å². The van der Waals surface area contributed by atoms with Crippen LogP contribution in [0.4, 0.5) is 11.4 Å². The second-order valence-electron chi connectivity index (χ2n) is 6.46. The van der Waals surface area contributed by atoms with Crippen LogP contribution in [0.3, 0.4) is 0 Å². The quantitative estimate of drug-likeness (QED) is 0.620. The number of anilines is 2. The van der Waals surface area contributed by atoms with Crippen molar-refractivity contribution in [3.8, 4) is 0 Å². The zero-order chi connectivity index (χ0) is 19.5. The number of benzene rings is 2. The average Bonchev–Trinajstić information content (AvgIpc) is 3.39. The summed E-state index contributed by atoms with van der Waals surface area (Å²) in [5.41, 5.74) is 3.95. The number of hydrogen-bond acceptors (Lipinski definition) is 4. The molecule has 0 radical (unpaired) electrons. The summed E-state index contributed by atoms with van der Waals surface area (Å²) >= 11 is 3.05. The van der Waals surface area contributed by atoms with E-state index in [1.54, 1.807) is 17.8 Å². The number of carbonyl (C=O) groups is 2. The van der Waals surface area contributed by atoms with Crippen molar-refractivity contribution in [1.29, 1.82) is 0 Å². The summed E-state index contributed by atoms with van der Waals surface area (Å²) in [5.74, 6) is 0.497. The molecule has 3 aromatic rings. The highest BCUT2D eigenvalue weighted by molar-refractivity contribution is 8.00. The monoisotopic (exact) mass is 408 g/mol. The molecule has 4 rings (SSSR count). The van der Waals surface area contributed by atoms with Crippen molar-refractivity contribution in [2.24, 2.45) is 0 Å². The van der Waals surface area contributed by atoms with Crippen molar-refractivity contribution >= 4 is 46.3 Å². The molecule has 1 aliphatic heterocycles. The van der Waals surface area contributed by atoms with Gasteiger partial charge in [-0.25, -0.2) is 0 Å². The molecule has 1 atom stereocenters. The van der Waals surface area contributed by atoms with Crippen LogP contribution in [0.25, 0.3) is 0 Å². The summed E-state index contributed by atoms with van der Waals surface area (Å²) < 4.78 is 0. The highest BCUT2D eigenvalue weighted by Crippen LogP contribution is 2.43. The Morgan fingerprint density at radius 2 is 1.89 bits per heavy atom. The Hall–Kier alpha value is -2.57. The van der Waals surface area contributed by atoms with Crippen LogP contribution < -0.4 is 10.2 Å². The summed E-state index contributed by atoms with van der Waals surface area (Å²) in [6.07, 6.45) is 0.880. The van der Waals surface area contributed by atoms with Crippen molar-refractivity contribution in [2.75, 3.05) is 16.0 Å². The first-order valence-corrected chi connectivity index (χ1v) is 11.1. The molecule has 6 heteroatoms. The SMILES string of the molecule is CCc1ccccc1N1C(=O)CS[C@@H]1c1ccc(NC(=O)c2cccs2)cc1. The molecular weight excluding hydrogens is 388 g/mol. The van der Waals surface area contributed by atoms with E-state index in [9.17, 15) is 9.59 Å². The Morgan fingerprint density at radius 1 is 1.11 bits per heavy atom. The van der Waals surface area contributed by atoms with Crippen LogP contribution in [0.5, 0.6) is 0 Å². The maximum atomic E-state index is 12.6. The Morgan fingerprint density at radius 3 is 2.61 bits per heavy atom. The fourth-order valence-electron chi connectivity index (χ4n) is 3.31. The topological polar surface area (TPSA) is 49.4 Å². The predicted octanol–water partition coefficient (Wildman–Crippen LogP) is 5.34. The van der Waals surface area contributed by atoms with Crippen LogP contribution in [0.2, 0.25) is 0 Å². The van der Waals surface area contributed by atoms with E-state index in [-0.39, 0.29) is 17.2 Å². The molecule has 4 nitrogen and oxygen atoms in total. The second kappa shape index (κ2) is 8.20. The standard InChI is InChI=1S/C22H20N2O2S2/c1-2-15-6-3-4-7-18(15)24-20(25)14-28-22(24)16-9-11-17(12-10-16)23-21(26)19-8-5-13-27-19/h3-13,22H,2,14H2,1H3,(H,23,26)/t22-/m1/s1. The number of aryl methyl sites for hydroxylation is 1. The summed E-state index contributed by atoms with van der Waals surface area (Å²) in [6, 6.07) is 19.5. The number of para-hydroxylation sites is 1. The van der Waals surface area contributed by atoms with Crippen molar-refractivity contribution in [2.45, 2.75) is 18.7 Å². The van der Waals surface area contributed by atoms with E-state index in [2.05, 4.69) is 18.3 Å². The molecule has 1 N–H and O–H groups in total. The first-order chi connectivity index (χ1) is 13.7. The molecule has 1 saturated heterocycles. The lowest BCUT2D eigenvalue weighted by Crippen LogP contribution is -2.28. The minimum atomic E-state index is -0.105. The number of nitrogens with one attached hydrogen (secondary N) is 1. The van der Waals surface area contributed by atoms with E-state index in [1.807, 2.05) is 58.8 Å². The van der Waals surface area contributed by atoms with Gasteiger partial charge in [0.25, 0.3) is 5.91 Å². The zero-order valence-corrected chi connectivity index (χ0v) is 17.1. The van der Waals surface area contributed by atoms with Gasteiger partial charge in [0.15, 0.2) is 0 Å². The number of rotatable bonds is 5. The Labute approximate surface area is 172 Å². The minimum Gasteiger partial charge on any atom is -0.321 e. The molecule has 1 fully saturated rings. The first-order valence-electron chi connectivity index (χ1n) is 9.13. The van der Waals surface area contributed by atoms with E-state index in [4.69, 9.17) is 0 Å². The molecule has 0 saturated carbocycles. The zero-order valence-electron chi connectivity index (χ0n) is 15.4. The van der Waals surface area contributed by atoms with Gasteiger partial charge in [0.1, 0.15) is 5.37 Å². The van der Waals surface area contributed by atoms with Gasteiger partial charge in [-0.2, -0.15) is 0 Å². The van der Waals surface area contributed by atoms with Crippen molar-refractivity contribution in [1.82, 2.24) is 0 Å². The highest BCUT2D eigenvalue weighted by Gasteiger charge is 2.34. The van der Waals surface area contributed by atoms with Gasteiger partial charge in [0, 0.05) is 11.4 Å². The van der Waals surface area contributed by atoms with Gasteiger partial charge in [-0.15, -0.1) is 23.1 Å². The lowest BCUT2D eigenvalue weighted by atomic mass is 10.1. The fourth-order valence-corrected chi connectivity index (χ4v) is 5.10. The lowest BCUT2D eigenvalue weighted by Gasteiger charge is -2.26. The Bertz CT molecular complexity index is 984. The van der Waals surface area contributed by atoms with Gasteiger partial charge in [0.05, 0.1) is 10.6 Å². The molecule has 0 bridgehead atoms. The Kier molecular flexibility index (Phi) is 5.50. The molecule has 1 aliphatic rings. The average molecular weight is 409 g/mol. The van der Waals surface area contributed by atoms with E-state index in [0.29, 0.717) is 10.6 Å². The third kappa shape index (κ3) is 3.70.